The minimum atomic E-state index is -1.06. The van der Waals surface area contributed by atoms with E-state index in [1.165, 1.54) is 12.1 Å². The zero-order valence-corrected chi connectivity index (χ0v) is 11.0. The number of Topliss-reactive ketones (excluding diaryl/α,β-unsaturated/α-hetero) is 1. The first-order valence-corrected chi connectivity index (χ1v) is 6.12. The van der Waals surface area contributed by atoms with E-state index in [0.717, 1.165) is 5.56 Å². The molecule has 0 aliphatic carbocycles. The Morgan fingerprint density at radius 3 is 2.35 bits per heavy atom. The number of carboxylic acid groups (broad SMARTS) is 1. The molecule has 4 heteroatoms. The van der Waals surface area contributed by atoms with E-state index in [-0.39, 0.29) is 18.0 Å². The summed E-state index contributed by atoms with van der Waals surface area (Å²) < 4.78 is 5.38. The summed E-state index contributed by atoms with van der Waals surface area (Å²) in [7, 11) is 0. The minimum absolute atomic E-state index is 0.0891. The molecule has 0 amide bonds. The monoisotopic (exact) mass is 270 g/mol. The lowest BCUT2D eigenvalue weighted by atomic mass is 10.1. The normalized spacial score (nSPS) is 10.1. The second-order valence-corrected chi connectivity index (χ2v) is 4.41. The first-order valence-electron chi connectivity index (χ1n) is 6.12. The number of rotatable bonds is 5. The summed E-state index contributed by atoms with van der Waals surface area (Å²) in [6.07, 6.45) is 0. The van der Waals surface area contributed by atoms with Gasteiger partial charge in [-0.3, -0.25) is 4.79 Å². The molecule has 1 N–H and O–H groups in total. The largest absolute Gasteiger partial charge is 0.485 e. The molecule has 0 aromatic heterocycles. The maximum Gasteiger partial charge on any atom is 0.335 e. The minimum Gasteiger partial charge on any atom is -0.485 e. The van der Waals surface area contributed by atoms with Gasteiger partial charge in [0.05, 0.1) is 5.56 Å². The van der Waals surface area contributed by atoms with Gasteiger partial charge in [0.15, 0.2) is 12.4 Å². The average molecular weight is 270 g/mol. The van der Waals surface area contributed by atoms with Crippen molar-refractivity contribution in [1.29, 1.82) is 0 Å². The van der Waals surface area contributed by atoms with Crippen LogP contribution in [0.2, 0.25) is 0 Å². The third-order valence-electron chi connectivity index (χ3n) is 2.82. The molecule has 0 aliphatic heterocycles. The highest BCUT2D eigenvalue weighted by Gasteiger charge is 2.10. The number of aryl methyl sites for hydroxylation is 1. The lowest BCUT2D eigenvalue weighted by molar-refractivity contribution is 0.0697. The molecule has 2 rings (SSSR count). The summed E-state index contributed by atoms with van der Waals surface area (Å²) in [5.74, 6) is -0.703. The van der Waals surface area contributed by atoms with Crippen molar-refractivity contribution < 1.29 is 19.4 Å². The second kappa shape index (κ2) is 6.02. The van der Waals surface area contributed by atoms with Crippen molar-refractivity contribution in [2.24, 2.45) is 0 Å². The highest BCUT2D eigenvalue weighted by atomic mass is 16.5. The van der Waals surface area contributed by atoms with Crippen LogP contribution < -0.4 is 4.74 Å². The van der Waals surface area contributed by atoms with Crippen LogP contribution >= 0.6 is 0 Å². The molecule has 0 radical (unpaired) electrons. The van der Waals surface area contributed by atoms with Gasteiger partial charge in [-0.2, -0.15) is 0 Å². The summed E-state index contributed by atoms with van der Waals surface area (Å²) in [4.78, 5) is 22.8. The summed E-state index contributed by atoms with van der Waals surface area (Å²) in [6, 6.07) is 13.3. The van der Waals surface area contributed by atoms with E-state index in [2.05, 4.69) is 0 Å². The molecule has 4 nitrogen and oxygen atoms in total. The first-order chi connectivity index (χ1) is 9.56. The van der Waals surface area contributed by atoms with Crippen molar-refractivity contribution in [2.75, 3.05) is 6.61 Å². The Balaban J connectivity index is 2.03. The van der Waals surface area contributed by atoms with E-state index < -0.39 is 5.97 Å². The topological polar surface area (TPSA) is 63.6 Å². The van der Waals surface area contributed by atoms with Crippen molar-refractivity contribution in [3.05, 3.63) is 65.2 Å². The molecule has 0 heterocycles. The molecule has 0 aliphatic rings. The molecule has 0 bridgehead atoms. The van der Waals surface area contributed by atoms with Gasteiger partial charge in [0.1, 0.15) is 5.75 Å². The maximum absolute atomic E-state index is 11.9. The van der Waals surface area contributed by atoms with Crippen LogP contribution in [0.5, 0.6) is 5.75 Å². The van der Waals surface area contributed by atoms with Gasteiger partial charge in [-0.1, -0.05) is 29.8 Å². The number of hydrogen-bond donors (Lipinski definition) is 1. The standard InChI is InChI=1S/C16H14O4/c1-11-5-7-14(8-6-11)20-10-15(17)12-3-2-4-13(9-12)16(18)19/h2-9H,10H2,1H3,(H,18,19). The smallest absolute Gasteiger partial charge is 0.335 e. The molecule has 2 aromatic carbocycles. The van der Waals surface area contributed by atoms with Crippen LogP contribution in [0.25, 0.3) is 0 Å². The lowest BCUT2D eigenvalue weighted by Crippen LogP contribution is -2.12. The average Bonchev–Trinajstić information content (AvgIpc) is 2.46. The molecule has 20 heavy (non-hydrogen) atoms. The quantitative estimate of drug-likeness (QED) is 0.848. The number of aromatic carboxylic acids is 1. The summed E-state index contributed by atoms with van der Waals surface area (Å²) >= 11 is 0. The molecule has 2 aromatic rings. The number of ether oxygens (including phenoxy) is 1. The fourth-order valence-electron chi connectivity index (χ4n) is 1.69. The molecule has 102 valence electrons. The number of ketones is 1. The van der Waals surface area contributed by atoms with Gasteiger partial charge < -0.3 is 9.84 Å². The summed E-state index contributed by atoms with van der Waals surface area (Å²) in [5, 5.41) is 8.88. The molecule has 0 saturated heterocycles. The number of benzene rings is 2. The predicted molar refractivity (Wildman–Crippen MR) is 74.4 cm³/mol. The fraction of sp³-hybridized carbons (Fsp3) is 0.125. The summed E-state index contributed by atoms with van der Waals surface area (Å²) in [6.45, 7) is 1.85. The van der Waals surface area contributed by atoms with Crippen LogP contribution in [0, 0.1) is 6.92 Å². The Morgan fingerprint density at radius 1 is 1.05 bits per heavy atom. The Morgan fingerprint density at radius 2 is 1.70 bits per heavy atom. The molecule has 0 saturated carbocycles. The van der Waals surface area contributed by atoms with E-state index in [0.29, 0.717) is 11.3 Å². The van der Waals surface area contributed by atoms with E-state index in [4.69, 9.17) is 9.84 Å². The third-order valence-corrected chi connectivity index (χ3v) is 2.82. The molecular formula is C16H14O4. The number of carbonyl (C=O) groups excluding carboxylic acids is 1. The van der Waals surface area contributed by atoms with Crippen LogP contribution in [-0.2, 0) is 0 Å². The molecule has 0 atom stereocenters. The second-order valence-electron chi connectivity index (χ2n) is 4.41. The summed E-state index contributed by atoms with van der Waals surface area (Å²) in [5.41, 5.74) is 1.53. The highest BCUT2D eigenvalue weighted by Crippen LogP contribution is 2.12. The van der Waals surface area contributed by atoms with Gasteiger partial charge in [-0.25, -0.2) is 4.79 Å². The Kier molecular flexibility index (Phi) is 4.15. The van der Waals surface area contributed by atoms with Gasteiger partial charge in [0, 0.05) is 5.56 Å². The van der Waals surface area contributed by atoms with Crippen molar-refractivity contribution >= 4 is 11.8 Å². The van der Waals surface area contributed by atoms with Crippen LogP contribution in [0.1, 0.15) is 26.3 Å². The van der Waals surface area contributed by atoms with Gasteiger partial charge in [0.2, 0.25) is 0 Å². The predicted octanol–water partition coefficient (Wildman–Crippen LogP) is 2.95. The van der Waals surface area contributed by atoms with Crippen molar-refractivity contribution in [3.63, 3.8) is 0 Å². The third kappa shape index (κ3) is 3.45. The van der Waals surface area contributed by atoms with Crippen molar-refractivity contribution in [2.45, 2.75) is 6.92 Å². The fourth-order valence-corrected chi connectivity index (χ4v) is 1.69. The van der Waals surface area contributed by atoms with Gasteiger partial charge in [-0.05, 0) is 31.2 Å². The van der Waals surface area contributed by atoms with Gasteiger partial charge in [-0.15, -0.1) is 0 Å². The van der Waals surface area contributed by atoms with Crippen LogP contribution in [0.15, 0.2) is 48.5 Å². The molecule has 0 fully saturated rings. The SMILES string of the molecule is Cc1ccc(OCC(=O)c2cccc(C(=O)O)c2)cc1. The number of carbonyl (C=O) groups is 2. The van der Waals surface area contributed by atoms with Gasteiger partial charge in [0.25, 0.3) is 0 Å². The van der Waals surface area contributed by atoms with Gasteiger partial charge >= 0.3 is 5.97 Å². The van der Waals surface area contributed by atoms with E-state index in [1.807, 2.05) is 19.1 Å². The number of carboxylic acids is 1. The van der Waals surface area contributed by atoms with Crippen LogP contribution in [0.3, 0.4) is 0 Å². The van der Waals surface area contributed by atoms with E-state index >= 15 is 0 Å². The zero-order chi connectivity index (χ0) is 14.5. The van der Waals surface area contributed by atoms with Crippen molar-refractivity contribution in [1.82, 2.24) is 0 Å². The molecule has 0 unspecified atom stereocenters. The lowest BCUT2D eigenvalue weighted by Gasteiger charge is -2.06. The van der Waals surface area contributed by atoms with Crippen LogP contribution in [0.4, 0.5) is 0 Å². The maximum atomic E-state index is 11.9. The number of hydrogen-bond acceptors (Lipinski definition) is 3. The Labute approximate surface area is 116 Å². The van der Waals surface area contributed by atoms with Crippen molar-refractivity contribution in [3.8, 4) is 5.75 Å². The van der Waals surface area contributed by atoms with Crippen LogP contribution in [-0.4, -0.2) is 23.5 Å². The zero-order valence-electron chi connectivity index (χ0n) is 11.0. The molecular weight excluding hydrogens is 256 g/mol. The molecule has 0 spiro atoms. The first kappa shape index (κ1) is 13.8. The van der Waals surface area contributed by atoms with E-state index in [9.17, 15) is 9.59 Å². The van der Waals surface area contributed by atoms with E-state index in [1.54, 1.807) is 24.3 Å². The highest BCUT2D eigenvalue weighted by molar-refractivity contribution is 5.99. The Bertz CT molecular complexity index is 629. The Hall–Kier alpha value is -2.62.